The maximum Gasteiger partial charge on any atom is 0.319 e. The summed E-state index contributed by atoms with van der Waals surface area (Å²) >= 11 is 0. The first-order valence-electron chi connectivity index (χ1n) is 6.91. The van der Waals surface area contributed by atoms with Gasteiger partial charge >= 0.3 is 6.03 Å². The minimum atomic E-state index is -0.183. The molecule has 0 radical (unpaired) electrons. The summed E-state index contributed by atoms with van der Waals surface area (Å²) < 4.78 is 5.22. The number of carbonyl (C=O) groups is 1. The van der Waals surface area contributed by atoms with Gasteiger partial charge in [-0.25, -0.2) is 4.79 Å². The zero-order valence-electron chi connectivity index (χ0n) is 11.7. The number of fused-ring (bicyclic) bond motifs is 1. The molecule has 20 heavy (non-hydrogen) atoms. The van der Waals surface area contributed by atoms with Crippen molar-refractivity contribution in [3.63, 3.8) is 0 Å². The Bertz CT molecular complexity index is 564. The van der Waals surface area contributed by atoms with Gasteiger partial charge in [0.05, 0.1) is 5.69 Å². The Balaban J connectivity index is 1.90. The van der Waals surface area contributed by atoms with Crippen molar-refractivity contribution >= 4 is 22.5 Å². The molecule has 0 spiro atoms. The molecule has 106 valence electrons. The Hall–Kier alpha value is -2.07. The molecule has 0 aliphatic heterocycles. The molecule has 2 N–H and O–H groups in total. The van der Waals surface area contributed by atoms with Crippen molar-refractivity contribution in [2.24, 2.45) is 0 Å². The molecule has 2 amide bonds. The minimum absolute atomic E-state index is 0.183. The zero-order valence-corrected chi connectivity index (χ0v) is 11.7. The molecule has 4 nitrogen and oxygen atoms in total. The second-order valence-corrected chi connectivity index (χ2v) is 4.46. The fourth-order valence-corrected chi connectivity index (χ4v) is 2.02. The van der Waals surface area contributed by atoms with Crippen LogP contribution in [-0.2, 0) is 4.74 Å². The van der Waals surface area contributed by atoms with Crippen molar-refractivity contribution in [2.45, 2.75) is 13.3 Å². The van der Waals surface area contributed by atoms with E-state index in [0.29, 0.717) is 19.8 Å². The molecule has 0 saturated carbocycles. The van der Waals surface area contributed by atoms with Crippen LogP contribution in [0.15, 0.2) is 42.5 Å². The summed E-state index contributed by atoms with van der Waals surface area (Å²) in [7, 11) is 0. The number of ether oxygens (including phenoxy) is 1. The first kappa shape index (κ1) is 14.3. The van der Waals surface area contributed by atoms with Gasteiger partial charge in [-0.1, -0.05) is 36.4 Å². The Kier molecular flexibility index (Phi) is 5.38. The summed E-state index contributed by atoms with van der Waals surface area (Å²) in [6.07, 6.45) is 0.816. The lowest BCUT2D eigenvalue weighted by Crippen LogP contribution is -2.30. The van der Waals surface area contributed by atoms with Crippen molar-refractivity contribution in [2.75, 3.05) is 25.1 Å². The lowest BCUT2D eigenvalue weighted by molar-refractivity contribution is 0.145. The quantitative estimate of drug-likeness (QED) is 0.792. The van der Waals surface area contributed by atoms with Gasteiger partial charge in [0.15, 0.2) is 0 Å². The van der Waals surface area contributed by atoms with Crippen LogP contribution in [0.1, 0.15) is 13.3 Å². The third-order valence-corrected chi connectivity index (χ3v) is 2.99. The number of anilines is 1. The highest BCUT2D eigenvalue weighted by atomic mass is 16.5. The molecule has 4 heteroatoms. The van der Waals surface area contributed by atoms with E-state index in [2.05, 4.69) is 10.6 Å². The van der Waals surface area contributed by atoms with E-state index < -0.39 is 0 Å². The maximum atomic E-state index is 11.8. The minimum Gasteiger partial charge on any atom is -0.382 e. The molecule has 0 aromatic heterocycles. The highest BCUT2D eigenvalue weighted by Crippen LogP contribution is 2.22. The van der Waals surface area contributed by atoms with E-state index in [-0.39, 0.29) is 6.03 Å². The SMILES string of the molecule is CCOCCCNC(=O)Nc1cccc2ccccc12. The number of rotatable bonds is 6. The smallest absolute Gasteiger partial charge is 0.319 e. The first-order chi connectivity index (χ1) is 9.81. The van der Waals surface area contributed by atoms with Crippen molar-refractivity contribution in [3.05, 3.63) is 42.5 Å². The molecule has 0 aliphatic rings. The Morgan fingerprint density at radius 3 is 2.80 bits per heavy atom. The van der Waals surface area contributed by atoms with Crippen molar-refractivity contribution in [3.8, 4) is 0 Å². The zero-order chi connectivity index (χ0) is 14.2. The molecule has 0 unspecified atom stereocenters. The summed E-state index contributed by atoms with van der Waals surface area (Å²) in [6.45, 7) is 3.95. The number of nitrogens with one attached hydrogen (secondary N) is 2. The fraction of sp³-hybridized carbons (Fsp3) is 0.312. The fourth-order valence-electron chi connectivity index (χ4n) is 2.02. The average Bonchev–Trinajstić information content (AvgIpc) is 2.47. The molecule has 0 aliphatic carbocycles. The summed E-state index contributed by atoms with van der Waals surface area (Å²) in [6, 6.07) is 13.7. The van der Waals surface area contributed by atoms with Crippen LogP contribution in [-0.4, -0.2) is 25.8 Å². The summed E-state index contributed by atoms with van der Waals surface area (Å²) in [5.41, 5.74) is 0.824. The lowest BCUT2D eigenvalue weighted by atomic mass is 10.1. The molecule has 0 fully saturated rings. The molecule has 2 rings (SSSR count). The van der Waals surface area contributed by atoms with E-state index >= 15 is 0 Å². The molecule has 0 bridgehead atoms. The van der Waals surface area contributed by atoms with Crippen LogP contribution in [0.3, 0.4) is 0 Å². The van der Waals surface area contributed by atoms with Gasteiger partial charge in [-0.2, -0.15) is 0 Å². The molecule has 0 heterocycles. The third-order valence-electron chi connectivity index (χ3n) is 2.99. The first-order valence-corrected chi connectivity index (χ1v) is 6.91. The molecule has 2 aromatic carbocycles. The second kappa shape index (κ2) is 7.50. The number of carbonyl (C=O) groups excluding carboxylic acids is 1. The van der Waals surface area contributed by atoms with Gasteiger partial charge in [-0.05, 0) is 24.8 Å². The van der Waals surface area contributed by atoms with Crippen LogP contribution in [0.4, 0.5) is 10.5 Å². The van der Waals surface area contributed by atoms with Gasteiger partial charge in [0.2, 0.25) is 0 Å². The summed E-state index contributed by atoms with van der Waals surface area (Å²) in [4.78, 5) is 11.8. The molecule has 2 aromatic rings. The van der Waals surface area contributed by atoms with Crippen LogP contribution in [0.2, 0.25) is 0 Å². The van der Waals surface area contributed by atoms with Crippen LogP contribution in [0, 0.1) is 0 Å². The molecule has 0 atom stereocenters. The summed E-state index contributed by atoms with van der Waals surface area (Å²) in [5.74, 6) is 0. The molecular weight excluding hydrogens is 252 g/mol. The number of hydrogen-bond acceptors (Lipinski definition) is 2. The van der Waals surface area contributed by atoms with Gasteiger partial charge in [-0.3, -0.25) is 0 Å². The van der Waals surface area contributed by atoms with Crippen LogP contribution < -0.4 is 10.6 Å². The van der Waals surface area contributed by atoms with Crippen LogP contribution >= 0.6 is 0 Å². The number of benzene rings is 2. The highest BCUT2D eigenvalue weighted by Gasteiger charge is 2.04. The van der Waals surface area contributed by atoms with Crippen LogP contribution in [0.25, 0.3) is 10.8 Å². The predicted octanol–water partition coefficient (Wildman–Crippen LogP) is 3.39. The normalized spacial score (nSPS) is 10.4. The topological polar surface area (TPSA) is 50.4 Å². The Labute approximate surface area is 119 Å². The number of urea groups is 1. The van der Waals surface area contributed by atoms with Crippen molar-refractivity contribution < 1.29 is 9.53 Å². The van der Waals surface area contributed by atoms with E-state index in [1.165, 1.54) is 0 Å². The van der Waals surface area contributed by atoms with Gasteiger partial charge < -0.3 is 15.4 Å². The molecular formula is C16H20N2O2. The Morgan fingerprint density at radius 2 is 1.95 bits per heavy atom. The number of amides is 2. The van der Waals surface area contributed by atoms with Crippen molar-refractivity contribution in [1.29, 1.82) is 0 Å². The average molecular weight is 272 g/mol. The van der Waals surface area contributed by atoms with Gasteiger partial charge in [0, 0.05) is 25.1 Å². The van der Waals surface area contributed by atoms with E-state index in [9.17, 15) is 4.79 Å². The van der Waals surface area contributed by atoms with Gasteiger partial charge in [-0.15, -0.1) is 0 Å². The lowest BCUT2D eigenvalue weighted by Gasteiger charge is -2.10. The van der Waals surface area contributed by atoms with E-state index in [4.69, 9.17) is 4.74 Å². The standard InChI is InChI=1S/C16H20N2O2/c1-2-20-12-6-11-17-16(19)18-15-10-5-8-13-7-3-4-9-14(13)15/h3-5,7-10H,2,6,11-12H2,1H3,(H2,17,18,19). The third kappa shape index (κ3) is 3.96. The number of hydrogen-bond donors (Lipinski definition) is 2. The van der Waals surface area contributed by atoms with Crippen molar-refractivity contribution in [1.82, 2.24) is 5.32 Å². The second-order valence-electron chi connectivity index (χ2n) is 4.46. The van der Waals surface area contributed by atoms with Gasteiger partial charge in [0.1, 0.15) is 0 Å². The molecule has 0 saturated heterocycles. The van der Waals surface area contributed by atoms with E-state index in [0.717, 1.165) is 22.9 Å². The Morgan fingerprint density at radius 1 is 1.15 bits per heavy atom. The maximum absolute atomic E-state index is 11.8. The van der Waals surface area contributed by atoms with Crippen LogP contribution in [0.5, 0.6) is 0 Å². The van der Waals surface area contributed by atoms with E-state index in [1.54, 1.807) is 0 Å². The summed E-state index contributed by atoms with van der Waals surface area (Å²) in [5, 5.41) is 7.86. The largest absolute Gasteiger partial charge is 0.382 e. The van der Waals surface area contributed by atoms with Gasteiger partial charge in [0.25, 0.3) is 0 Å². The monoisotopic (exact) mass is 272 g/mol. The highest BCUT2D eigenvalue weighted by molar-refractivity contribution is 6.01. The van der Waals surface area contributed by atoms with E-state index in [1.807, 2.05) is 49.4 Å². The predicted molar refractivity (Wildman–Crippen MR) is 82.1 cm³/mol.